The van der Waals surface area contributed by atoms with Gasteiger partial charge in [-0.2, -0.15) is 0 Å². The van der Waals surface area contributed by atoms with Gasteiger partial charge >= 0.3 is 5.97 Å². The van der Waals surface area contributed by atoms with E-state index >= 15 is 0 Å². The van der Waals surface area contributed by atoms with Gasteiger partial charge in [-0.15, -0.1) is 12.4 Å². The number of nitrogens with zero attached hydrogens (tertiary/aromatic N) is 3. The van der Waals surface area contributed by atoms with Gasteiger partial charge in [0.1, 0.15) is 11.6 Å². The van der Waals surface area contributed by atoms with Crippen LogP contribution < -0.4 is 10.6 Å². The van der Waals surface area contributed by atoms with Crippen molar-refractivity contribution in [1.82, 2.24) is 14.9 Å². The highest BCUT2D eigenvalue weighted by atomic mass is 35.5. The van der Waals surface area contributed by atoms with Crippen LogP contribution in [0.2, 0.25) is 0 Å². The maximum atomic E-state index is 12.1. The largest absolute Gasteiger partial charge is 0.478 e. The molecule has 0 spiro atoms. The van der Waals surface area contributed by atoms with Gasteiger partial charge in [0.25, 0.3) is 0 Å². The van der Waals surface area contributed by atoms with E-state index < -0.39 is 5.97 Å². The van der Waals surface area contributed by atoms with E-state index in [4.69, 9.17) is 9.84 Å². The van der Waals surface area contributed by atoms with Crippen LogP contribution in [0.1, 0.15) is 42.0 Å². The number of aryl methyl sites for hydroxylation is 2. The summed E-state index contributed by atoms with van der Waals surface area (Å²) in [4.78, 5) is 54.9. The van der Waals surface area contributed by atoms with Gasteiger partial charge in [0.05, 0.1) is 12.7 Å². The second-order valence-electron chi connectivity index (χ2n) is 9.79. The highest BCUT2D eigenvalue weighted by molar-refractivity contribution is 5.94. The summed E-state index contributed by atoms with van der Waals surface area (Å²) < 4.78 is 5.59. The SMILES string of the molecule is C=C(C)COC1CN(C(=O)/C=C/c2cnc3c(c2)CCC(=O)N3)C1.Cl.O=C(O)/C=C/c1cnc2c(c1)CCC(=O)N2. The Balaban J connectivity index is 0.000000238. The zero-order valence-electron chi connectivity index (χ0n) is 22.6. The Morgan fingerprint density at radius 1 is 0.976 bits per heavy atom. The van der Waals surface area contributed by atoms with E-state index in [9.17, 15) is 19.2 Å². The second kappa shape index (κ2) is 14.3. The Hall–Kier alpha value is -4.35. The number of carboxylic acid groups (broad SMARTS) is 1. The number of rotatable bonds is 7. The Bertz CT molecular complexity index is 1400. The van der Waals surface area contributed by atoms with Crippen LogP contribution in [0.5, 0.6) is 0 Å². The van der Waals surface area contributed by atoms with Crippen molar-refractivity contribution in [2.45, 2.75) is 38.7 Å². The minimum Gasteiger partial charge on any atom is -0.478 e. The van der Waals surface area contributed by atoms with Crippen molar-refractivity contribution in [1.29, 1.82) is 0 Å². The van der Waals surface area contributed by atoms with Crippen molar-refractivity contribution >= 4 is 59.9 Å². The Morgan fingerprint density at radius 2 is 1.49 bits per heavy atom. The number of nitrogens with one attached hydrogen (secondary N) is 2. The van der Waals surface area contributed by atoms with E-state index in [1.807, 2.05) is 19.1 Å². The Labute approximate surface area is 243 Å². The fourth-order valence-corrected chi connectivity index (χ4v) is 4.16. The first-order valence-corrected chi connectivity index (χ1v) is 12.9. The normalized spacial score (nSPS) is 15.9. The molecule has 0 atom stereocenters. The zero-order valence-corrected chi connectivity index (χ0v) is 23.4. The van der Waals surface area contributed by atoms with Crippen LogP contribution >= 0.6 is 12.4 Å². The topological polar surface area (TPSA) is 151 Å². The van der Waals surface area contributed by atoms with Crippen LogP contribution in [0.4, 0.5) is 11.6 Å². The van der Waals surface area contributed by atoms with Crippen molar-refractivity contribution in [3.63, 3.8) is 0 Å². The van der Waals surface area contributed by atoms with Crippen LogP contribution in [-0.4, -0.2) is 69.5 Å². The van der Waals surface area contributed by atoms with Crippen molar-refractivity contribution in [3.8, 4) is 0 Å². The molecule has 5 heterocycles. The minimum absolute atomic E-state index is 0. The number of ether oxygens (including phenoxy) is 1. The quantitative estimate of drug-likeness (QED) is 0.333. The van der Waals surface area contributed by atoms with Crippen molar-refractivity contribution < 1.29 is 29.0 Å². The number of anilines is 2. The fourth-order valence-electron chi connectivity index (χ4n) is 4.16. The lowest BCUT2D eigenvalue weighted by Crippen LogP contribution is -2.54. The molecule has 216 valence electrons. The summed E-state index contributed by atoms with van der Waals surface area (Å²) in [6.07, 6.45) is 11.4. The molecule has 41 heavy (non-hydrogen) atoms. The van der Waals surface area contributed by atoms with E-state index in [0.29, 0.717) is 57.0 Å². The third kappa shape index (κ3) is 9.09. The molecule has 0 unspecified atom stereocenters. The molecular formula is C29H32ClN5O6. The van der Waals surface area contributed by atoms with E-state index in [1.54, 1.807) is 23.2 Å². The number of amides is 3. The number of hydrogen-bond donors (Lipinski definition) is 3. The zero-order chi connectivity index (χ0) is 28.6. The van der Waals surface area contributed by atoms with Gasteiger partial charge in [0, 0.05) is 50.5 Å². The average Bonchev–Trinajstić information content (AvgIpc) is 2.90. The number of aromatic nitrogens is 2. The minimum atomic E-state index is -0.994. The molecule has 3 amide bonds. The lowest BCUT2D eigenvalue weighted by Gasteiger charge is -2.38. The third-order valence-corrected chi connectivity index (χ3v) is 6.30. The first-order chi connectivity index (χ1) is 19.2. The molecule has 11 nitrogen and oxygen atoms in total. The van der Waals surface area contributed by atoms with Crippen molar-refractivity contribution in [2.24, 2.45) is 0 Å². The van der Waals surface area contributed by atoms with E-state index in [1.165, 1.54) is 12.3 Å². The highest BCUT2D eigenvalue weighted by Crippen LogP contribution is 2.22. The molecule has 2 aromatic rings. The number of halogens is 1. The molecule has 2 aromatic heterocycles. The number of likely N-dealkylation sites (tertiary alicyclic amines) is 1. The summed E-state index contributed by atoms with van der Waals surface area (Å²) in [5.41, 5.74) is 4.50. The summed E-state index contributed by atoms with van der Waals surface area (Å²) in [5, 5.41) is 13.9. The summed E-state index contributed by atoms with van der Waals surface area (Å²) >= 11 is 0. The highest BCUT2D eigenvalue weighted by Gasteiger charge is 2.30. The van der Waals surface area contributed by atoms with Crippen molar-refractivity contribution in [2.75, 3.05) is 30.3 Å². The Kier molecular flexibility index (Phi) is 10.9. The van der Waals surface area contributed by atoms with Crippen LogP contribution in [-0.2, 0) is 36.8 Å². The maximum Gasteiger partial charge on any atom is 0.328 e. The van der Waals surface area contributed by atoms with Crippen LogP contribution in [0.25, 0.3) is 12.2 Å². The number of fused-ring (bicyclic) bond motifs is 2. The van der Waals surface area contributed by atoms with Gasteiger partial charge in [-0.05, 0) is 66.3 Å². The van der Waals surface area contributed by atoms with Gasteiger partial charge in [-0.25, -0.2) is 14.8 Å². The molecule has 0 radical (unpaired) electrons. The summed E-state index contributed by atoms with van der Waals surface area (Å²) in [7, 11) is 0. The van der Waals surface area contributed by atoms with Gasteiger partial charge in [-0.1, -0.05) is 12.2 Å². The molecule has 0 saturated carbocycles. The lowest BCUT2D eigenvalue weighted by atomic mass is 10.0. The number of aliphatic carboxylic acids is 1. The van der Waals surface area contributed by atoms with Crippen LogP contribution in [0.15, 0.2) is 48.8 Å². The monoisotopic (exact) mass is 581 g/mol. The summed E-state index contributed by atoms with van der Waals surface area (Å²) in [6.45, 7) is 7.48. The molecule has 3 N–H and O–H groups in total. The van der Waals surface area contributed by atoms with Gasteiger partial charge < -0.3 is 25.4 Å². The predicted molar refractivity (Wildman–Crippen MR) is 156 cm³/mol. The molecule has 1 saturated heterocycles. The maximum absolute atomic E-state index is 12.1. The average molecular weight is 582 g/mol. The van der Waals surface area contributed by atoms with Crippen molar-refractivity contribution in [3.05, 3.63) is 71.1 Å². The molecule has 0 aromatic carbocycles. The molecule has 12 heteroatoms. The third-order valence-electron chi connectivity index (χ3n) is 6.30. The van der Waals surface area contributed by atoms with Gasteiger partial charge in [0.15, 0.2) is 0 Å². The molecule has 0 aliphatic carbocycles. The van der Waals surface area contributed by atoms with Gasteiger partial charge in [0.2, 0.25) is 17.7 Å². The molecule has 5 rings (SSSR count). The van der Waals surface area contributed by atoms with Gasteiger partial charge in [-0.3, -0.25) is 14.4 Å². The molecular weight excluding hydrogens is 550 g/mol. The standard InChI is InChI=1S/C18H21N3O3.C11H10N2O3.ClH/c1-12(2)11-24-15-9-21(10-15)17(23)6-3-13-7-14-4-5-16(22)20-18(14)19-8-13;14-9-3-2-8-5-7(1-4-10(15)16)6-12-11(8)13-9;/h3,6-8,15H,1,4-5,9-11H2,2H3,(H,19,20,22);1,4-6H,2-3H2,(H,15,16)(H,12,13,14);1H/b6-3+;4-1+;. The van der Waals surface area contributed by atoms with Crippen LogP contribution in [0, 0.1) is 0 Å². The number of hydrogen-bond acceptors (Lipinski definition) is 7. The summed E-state index contributed by atoms with van der Waals surface area (Å²) in [6, 6.07) is 3.79. The number of pyridine rings is 2. The molecule has 0 bridgehead atoms. The fraction of sp³-hybridized carbons (Fsp3) is 0.310. The lowest BCUT2D eigenvalue weighted by molar-refractivity contribution is -0.138. The number of carbonyl (C=O) groups is 4. The van der Waals surface area contributed by atoms with E-state index in [-0.39, 0.29) is 36.2 Å². The molecule has 3 aliphatic heterocycles. The smallest absolute Gasteiger partial charge is 0.328 e. The Morgan fingerprint density at radius 3 is 1.98 bits per heavy atom. The second-order valence-corrected chi connectivity index (χ2v) is 9.79. The molecule has 1 fully saturated rings. The first kappa shape index (κ1) is 31.2. The molecule has 3 aliphatic rings. The summed E-state index contributed by atoms with van der Waals surface area (Å²) in [5.74, 6) is 0.129. The van der Waals surface area contributed by atoms with Crippen LogP contribution in [0.3, 0.4) is 0 Å². The number of carboxylic acids is 1. The predicted octanol–water partition coefficient (Wildman–Crippen LogP) is 3.27. The first-order valence-electron chi connectivity index (χ1n) is 12.9. The van der Waals surface area contributed by atoms with E-state index in [2.05, 4.69) is 27.2 Å². The van der Waals surface area contributed by atoms with E-state index in [0.717, 1.165) is 33.9 Å². The number of carbonyl (C=O) groups excluding carboxylic acids is 3.